The van der Waals surface area contributed by atoms with Crippen LogP contribution in [0.1, 0.15) is 89.7 Å². The Kier molecular flexibility index (Phi) is 8.47. The molecule has 0 unspecified atom stereocenters. The van der Waals surface area contributed by atoms with Gasteiger partial charge in [0.1, 0.15) is 23.0 Å². The predicted molar refractivity (Wildman–Crippen MR) is 196 cm³/mol. The van der Waals surface area contributed by atoms with Crippen LogP contribution in [0.25, 0.3) is 10.8 Å². The molecule has 48 heavy (non-hydrogen) atoms. The lowest BCUT2D eigenvalue weighted by atomic mass is 9.78. The van der Waals surface area contributed by atoms with Crippen LogP contribution in [0.2, 0.25) is 0 Å². The molecule has 0 aromatic heterocycles. The van der Waals surface area contributed by atoms with Crippen LogP contribution in [-0.4, -0.2) is 20.4 Å². The van der Waals surface area contributed by atoms with Crippen LogP contribution in [0, 0.1) is 55.4 Å². The third-order valence-corrected chi connectivity index (χ3v) is 10.1. The Balaban J connectivity index is 1.60. The molecule has 0 aliphatic carbocycles. The van der Waals surface area contributed by atoms with Crippen molar-refractivity contribution in [1.82, 2.24) is 0 Å². The van der Waals surface area contributed by atoms with E-state index < -0.39 is 0 Å². The van der Waals surface area contributed by atoms with Crippen molar-refractivity contribution in [2.24, 2.45) is 0 Å². The zero-order valence-corrected chi connectivity index (χ0v) is 29.0. The first-order chi connectivity index (χ1) is 22.7. The molecule has 4 nitrogen and oxygen atoms in total. The molecule has 0 aliphatic heterocycles. The summed E-state index contributed by atoms with van der Waals surface area (Å²) in [5.41, 5.74) is 13.9. The van der Waals surface area contributed by atoms with Gasteiger partial charge in [-0.1, -0.05) is 60.7 Å². The molecule has 0 atom stereocenters. The Labute approximate surface area is 283 Å². The predicted octanol–water partition coefficient (Wildman–Crippen LogP) is 10.5. The van der Waals surface area contributed by atoms with Crippen molar-refractivity contribution in [2.75, 3.05) is 0 Å². The second kappa shape index (κ2) is 12.4. The maximum absolute atomic E-state index is 10.5. The lowest BCUT2D eigenvalue weighted by Gasteiger charge is -2.26. The molecule has 0 radical (unpaired) electrons. The number of aromatic hydroxyl groups is 4. The number of fused-ring (bicyclic) bond motifs is 1. The number of phenols is 4. The van der Waals surface area contributed by atoms with Gasteiger partial charge in [0.05, 0.1) is 0 Å². The maximum Gasteiger partial charge on any atom is 0.118 e. The second-order valence-corrected chi connectivity index (χ2v) is 13.7. The van der Waals surface area contributed by atoms with Gasteiger partial charge in [0, 0.05) is 11.8 Å². The highest BCUT2D eigenvalue weighted by molar-refractivity contribution is 5.85. The van der Waals surface area contributed by atoms with Gasteiger partial charge in [0.2, 0.25) is 0 Å². The largest absolute Gasteiger partial charge is 0.508 e. The van der Waals surface area contributed by atoms with Crippen LogP contribution < -0.4 is 0 Å². The minimum Gasteiger partial charge on any atom is -0.508 e. The molecule has 0 spiro atoms. The summed E-state index contributed by atoms with van der Waals surface area (Å²) < 4.78 is 0. The summed E-state index contributed by atoms with van der Waals surface area (Å²) in [6.45, 7) is 15.9. The van der Waals surface area contributed by atoms with Crippen molar-refractivity contribution in [3.8, 4) is 23.0 Å². The summed E-state index contributed by atoms with van der Waals surface area (Å²) in [5, 5.41) is 44.4. The molecule has 0 saturated heterocycles. The SMILES string of the molecule is Cc1cc(C(c2ccc3ccc(C(c4cc(C)c(O)cc4C)c4cc(C)c(O)cc4C)cc3c2)c2cc(C)c(O)cc2C)c(C)cc1O. The Morgan fingerprint density at radius 1 is 0.312 bits per heavy atom. The molecule has 0 fully saturated rings. The Hall–Kier alpha value is -5.22. The number of phenolic OH excluding ortho intramolecular Hbond substituents is 4. The normalized spacial score (nSPS) is 11.6. The average Bonchev–Trinajstić information content (AvgIpc) is 3.03. The zero-order valence-electron chi connectivity index (χ0n) is 29.0. The van der Waals surface area contributed by atoms with Crippen LogP contribution in [0.15, 0.2) is 84.9 Å². The molecule has 0 saturated carbocycles. The van der Waals surface area contributed by atoms with Crippen LogP contribution in [0.4, 0.5) is 0 Å². The number of rotatable bonds is 6. The summed E-state index contributed by atoms with van der Waals surface area (Å²) >= 11 is 0. The first-order valence-corrected chi connectivity index (χ1v) is 16.5. The molecule has 4 heteroatoms. The Bertz CT molecular complexity index is 1960. The summed E-state index contributed by atoms with van der Waals surface area (Å²) in [5.74, 6) is 0.863. The number of hydrogen-bond acceptors (Lipinski definition) is 4. The van der Waals surface area contributed by atoms with E-state index in [1.165, 1.54) is 0 Å². The van der Waals surface area contributed by atoms with Gasteiger partial charge >= 0.3 is 0 Å². The van der Waals surface area contributed by atoms with E-state index in [1.54, 1.807) is 0 Å². The summed E-state index contributed by atoms with van der Waals surface area (Å²) in [6, 6.07) is 29.0. The first kappa shape index (κ1) is 32.7. The van der Waals surface area contributed by atoms with Gasteiger partial charge in [-0.15, -0.1) is 0 Å². The lowest BCUT2D eigenvalue weighted by Crippen LogP contribution is -2.09. The molecular weight excluding hydrogens is 592 g/mol. The van der Waals surface area contributed by atoms with E-state index >= 15 is 0 Å². The van der Waals surface area contributed by atoms with Gasteiger partial charge in [-0.3, -0.25) is 0 Å². The van der Waals surface area contributed by atoms with E-state index in [-0.39, 0.29) is 34.8 Å². The van der Waals surface area contributed by atoms with E-state index in [0.29, 0.717) is 0 Å². The Morgan fingerprint density at radius 3 is 0.854 bits per heavy atom. The minimum atomic E-state index is -0.128. The van der Waals surface area contributed by atoms with Gasteiger partial charge in [-0.2, -0.15) is 0 Å². The maximum atomic E-state index is 10.5. The van der Waals surface area contributed by atoms with Crippen molar-refractivity contribution < 1.29 is 20.4 Å². The van der Waals surface area contributed by atoms with Gasteiger partial charge in [-0.25, -0.2) is 0 Å². The molecule has 0 bridgehead atoms. The fraction of sp³-hybridized carbons (Fsp3) is 0.227. The highest BCUT2D eigenvalue weighted by atomic mass is 16.3. The van der Waals surface area contributed by atoms with Crippen LogP contribution in [-0.2, 0) is 0 Å². The van der Waals surface area contributed by atoms with Crippen molar-refractivity contribution in [3.05, 3.63) is 163 Å². The highest BCUT2D eigenvalue weighted by Crippen LogP contribution is 2.43. The van der Waals surface area contributed by atoms with Crippen LogP contribution in [0.5, 0.6) is 23.0 Å². The summed E-state index contributed by atoms with van der Waals surface area (Å²) in [7, 11) is 0. The minimum absolute atomic E-state index is 0.128. The lowest BCUT2D eigenvalue weighted by molar-refractivity contribution is 0.469. The van der Waals surface area contributed by atoms with Crippen molar-refractivity contribution in [2.45, 2.75) is 67.2 Å². The van der Waals surface area contributed by atoms with E-state index in [4.69, 9.17) is 0 Å². The van der Waals surface area contributed by atoms with E-state index in [2.05, 4.69) is 60.7 Å². The van der Waals surface area contributed by atoms with Crippen LogP contribution in [0.3, 0.4) is 0 Å². The van der Waals surface area contributed by atoms with Gasteiger partial charge in [0.25, 0.3) is 0 Å². The molecule has 6 aromatic carbocycles. The van der Waals surface area contributed by atoms with E-state index in [9.17, 15) is 20.4 Å². The fourth-order valence-electron chi connectivity index (χ4n) is 7.23. The molecule has 244 valence electrons. The third kappa shape index (κ3) is 5.88. The van der Waals surface area contributed by atoms with E-state index in [1.807, 2.05) is 79.7 Å². The third-order valence-electron chi connectivity index (χ3n) is 10.1. The quantitative estimate of drug-likeness (QED) is 0.137. The van der Waals surface area contributed by atoms with Gasteiger partial charge in [-0.05, 0) is 168 Å². The molecule has 6 rings (SSSR count). The topological polar surface area (TPSA) is 80.9 Å². The van der Waals surface area contributed by atoms with Crippen LogP contribution >= 0.6 is 0 Å². The van der Waals surface area contributed by atoms with Crippen molar-refractivity contribution >= 4 is 10.8 Å². The second-order valence-electron chi connectivity index (χ2n) is 13.7. The van der Waals surface area contributed by atoms with Gasteiger partial charge in [0.15, 0.2) is 0 Å². The van der Waals surface area contributed by atoms with Crippen molar-refractivity contribution in [3.63, 3.8) is 0 Å². The summed E-state index contributed by atoms with van der Waals surface area (Å²) in [6.07, 6.45) is 0. The number of hydrogen-bond donors (Lipinski definition) is 4. The monoisotopic (exact) mass is 636 g/mol. The highest BCUT2D eigenvalue weighted by Gasteiger charge is 2.25. The average molecular weight is 637 g/mol. The molecule has 0 aliphatic rings. The molecule has 6 aromatic rings. The molecule has 4 N–H and O–H groups in total. The molecular formula is C44H44O4. The number of benzene rings is 6. The smallest absolute Gasteiger partial charge is 0.118 e. The fourth-order valence-corrected chi connectivity index (χ4v) is 7.23. The number of aryl methyl sites for hydroxylation is 8. The van der Waals surface area contributed by atoms with Gasteiger partial charge < -0.3 is 20.4 Å². The van der Waals surface area contributed by atoms with E-state index in [0.717, 1.165) is 88.7 Å². The Morgan fingerprint density at radius 2 is 0.583 bits per heavy atom. The standard InChI is InChI=1S/C44H44O4/c1-23-17-39(45)27(5)13-35(23)43(36-14-28(6)40(46)18-24(36)2)32-11-9-31-10-12-33(22-34(31)21-32)44(37-15-29(7)41(47)19-25(37)3)38-16-30(8)42(48)20-26(38)4/h9-22,43-48H,1-8H3. The zero-order chi connectivity index (χ0) is 34.6. The summed E-state index contributed by atoms with van der Waals surface area (Å²) in [4.78, 5) is 0. The molecule has 0 heterocycles. The first-order valence-electron chi connectivity index (χ1n) is 16.5. The molecule has 0 amide bonds. The van der Waals surface area contributed by atoms with Crippen molar-refractivity contribution in [1.29, 1.82) is 0 Å².